The summed E-state index contributed by atoms with van der Waals surface area (Å²) >= 11 is 3.99. The lowest BCUT2D eigenvalue weighted by molar-refractivity contribution is -0.134. The molecule has 1 aliphatic rings. The molecule has 1 N–H and O–H groups in total. The highest BCUT2D eigenvalue weighted by molar-refractivity contribution is 7.81. The smallest absolute Gasteiger partial charge is 0.242 e. The van der Waals surface area contributed by atoms with Gasteiger partial charge in [-0.25, -0.2) is 0 Å². The van der Waals surface area contributed by atoms with Crippen LogP contribution in [-0.2, 0) is 9.59 Å². The molecule has 1 atom stereocenters. The van der Waals surface area contributed by atoms with Crippen LogP contribution in [0.1, 0.15) is 6.92 Å². The second kappa shape index (κ2) is 6.10. The van der Waals surface area contributed by atoms with Crippen molar-refractivity contribution in [2.24, 2.45) is 0 Å². The van der Waals surface area contributed by atoms with Gasteiger partial charge in [-0.15, -0.1) is 0 Å². The quantitative estimate of drug-likeness (QED) is 0.640. The monoisotopic (exact) mass is 245 g/mol. The van der Waals surface area contributed by atoms with Crippen LogP contribution in [0.15, 0.2) is 0 Å². The summed E-state index contributed by atoms with van der Waals surface area (Å²) in [7, 11) is 2.03. The predicted octanol–water partition coefficient (Wildman–Crippen LogP) is -0.805. The van der Waals surface area contributed by atoms with Crippen LogP contribution in [-0.4, -0.2) is 66.6 Å². The van der Waals surface area contributed by atoms with E-state index in [2.05, 4.69) is 22.8 Å². The molecule has 0 aliphatic carbocycles. The third kappa shape index (κ3) is 4.02. The molecule has 92 valence electrons. The van der Waals surface area contributed by atoms with Crippen LogP contribution >= 0.6 is 12.6 Å². The molecule has 1 unspecified atom stereocenters. The Hall–Kier alpha value is -0.750. The van der Waals surface area contributed by atoms with E-state index in [1.54, 1.807) is 11.8 Å². The van der Waals surface area contributed by atoms with Crippen LogP contribution in [0.25, 0.3) is 0 Å². The molecule has 1 aliphatic heterocycles. The highest BCUT2D eigenvalue weighted by Gasteiger charge is 2.19. The summed E-state index contributed by atoms with van der Waals surface area (Å²) in [5.74, 6) is -0.221. The molecule has 6 heteroatoms. The Morgan fingerprint density at radius 2 is 1.88 bits per heavy atom. The first-order chi connectivity index (χ1) is 7.50. The summed E-state index contributed by atoms with van der Waals surface area (Å²) in [6.07, 6.45) is 0. The van der Waals surface area contributed by atoms with Gasteiger partial charge in [0.15, 0.2) is 0 Å². The summed E-state index contributed by atoms with van der Waals surface area (Å²) in [6, 6.07) is 0. The van der Waals surface area contributed by atoms with E-state index in [0.717, 1.165) is 26.2 Å². The van der Waals surface area contributed by atoms with Crippen LogP contribution < -0.4 is 5.32 Å². The Morgan fingerprint density at radius 1 is 1.31 bits per heavy atom. The van der Waals surface area contributed by atoms with E-state index >= 15 is 0 Å². The molecule has 1 heterocycles. The van der Waals surface area contributed by atoms with Crippen LogP contribution in [0, 0.1) is 0 Å². The van der Waals surface area contributed by atoms with Crippen molar-refractivity contribution in [1.82, 2.24) is 15.1 Å². The van der Waals surface area contributed by atoms with E-state index in [0.29, 0.717) is 0 Å². The second-order valence-corrected chi connectivity index (χ2v) is 4.85. The molecule has 2 amide bonds. The number of hydrogen-bond donors (Lipinski definition) is 2. The first-order valence-corrected chi connectivity index (χ1v) is 5.94. The number of thiol groups is 1. The molecule has 1 fully saturated rings. The maximum atomic E-state index is 11.7. The fourth-order valence-corrected chi connectivity index (χ4v) is 1.57. The third-order valence-corrected chi connectivity index (χ3v) is 2.88. The van der Waals surface area contributed by atoms with Gasteiger partial charge in [0.1, 0.15) is 0 Å². The topological polar surface area (TPSA) is 52.7 Å². The van der Waals surface area contributed by atoms with Gasteiger partial charge in [-0.3, -0.25) is 9.59 Å². The van der Waals surface area contributed by atoms with Crippen molar-refractivity contribution in [1.29, 1.82) is 0 Å². The summed E-state index contributed by atoms with van der Waals surface area (Å²) in [5, 5.41) is 2.20. The van der Waals surface area contributed by atoms with Crippen molar-refractivity contribution in [3.05, 3.63) is 0 Å². The van der Waals surface area contributed by atoms with Gasteiger partial charge in [0.05, 0.1) is 11.8 Å². The first-order valence-electron chi connectivity index (χ1n) is 5.43. The molecule has 0 aromatic heterocycles. The Balaban J connectivity index is 2.27. The number of likely N-dealkylation sites (N-methyl/N-ethyl adjacent to an activating group) is 1. The molecule has 1 rings (SSSR count). The number of carbonyl (C=O) groups excluding carboxylic acids is 2. The number of nitrogens with zero attached hydrogens (tertiary/aromatic N) is 2. The van der Waals surface area contributed by atoms with E-state index in [-0.39, 0.29) is 23.6 Å². The molecule has 16 heavy (non-hydrogen) atoms. The SMILES string of the molecule is CC(S)C(=O)NCC(=O)N1CCN(C)CC1. The zero-order valence-electron chi connectivity index (χ0n) is 9.77. The van der Waals surface area contributed by atoms with Gasteiger partial charge in [0.25, 0.3) is 0 Å². The fraction of sp³-hybridized carbons (Fsp3) is 0.800. The minimum atomic E-state index is -0.375. The standard InChI is InChI=1S/C10H19N3O2S/c1-8(16)10(15)11-7-9(14)13-5-3-12(2)4-6-13/h8,16H,3-7H2,1-2H3,(H,11,15). The molecule has 1 saturated heterocycles. The fourth-order valence-electron chi connectivity index (χ4n) is 1.48. The summed E-state index contributed by atoms with van der Waals surface area (Å²) in [6.45, 7) is 5.01. The van der Waals surface area contributed by atoms with Crippen LogP contribution in [0.3, 0.4) is 0 Å². The summed E-state index contributed by atoms with van der Waals surface area (Å²) < 4.78 is 0. The Bertz CT molecular complexity index is 263. The molecular weight excluding hydrogens is 226 g/mol. The number of rotatable bonds is 3. The van der Waals surface area contributed by atoms with E-state index in [1.807, 2.05) is 7.05 Å². The van der Waals surface area contributed by atoms with Crippen molar-refractivity contribution in [2.45, 2.75) is 12.2 Å². The van der Waals surface area contributed by atoms with Crippen molar-refractivity contribution in [2.75, 3.05) is 39.8 Å². The third-order valence-electron chi connectivity index (χ3n) is 2.65. The lowest BCUT2D eigenvalue weighted by atomic mass is 10.3. The highest BCUT2D eigenvalue weighted by Crippen LogP contribution is 1.99. The number of amides is 2. The summed E-state index contributed by atoms with van der Waals surface area (Å²) in [5.41, 5.74) is 0. The van der Waals surface area contributed by atoms with E-state index < -0.39 is 0 Å². The zero-order valence-corrected chi connectivity index (χ0v) is 10.7. The molecule has 0 aromatic rings. The maximum absolute atomic E-state index is 11.7. The minimum Gasteiger partial charge on any atom is -0.346 e. The molecular formula is C10H19N3O2S. The van der Waals surface area contributed by atoms with E-state index in [9.17, 15) is 9.59 Å². The zero-order chi connectivity index (χ0) is 12.1. The normalized spacial score (nSPS) is 19.3. The van der Waals surface area contributed by atoms with Gasteiger partial charge in [0.2, 0.25) is 11.8 Å². The Morgan fingerprint density at radius 3 is 2.38 bits per heavy atom. The molecule has 0 bridgehead atoms. The largest absolute Gasteiger partial charge is 0.346 e. The van der Waals surface area contributed by atoms with Crippen LogP contribution in [0.2, 0.25) is 0 Å². The van der Waals surface area contributed by atoms with Crippen molar-refractivity contribution < 1.29 is 9.59 Å². The lowest BCUT2D eigenvalue weighted by Crippen LogP contribution is -2.50. The number of piperazine rings is 1. The van der Waals surface area contributed by atoms with Gasteiger partial charge < -0.3 is 15.1 Å². The maximum Gasteiger partial charge on any atom is 0.242 e. The van der Waals surface area contributed by atoms with Gasteiger partial charge >= 0.3 is 0 Å². The van der Waals surface area contributed by atoms with Crippen molar-refractivity contribution in [3.63, 3.8) is 0 Å². The molecule has 5 nitrogen and oxygen atoms in total. The minimum absolute atomic E-state index is 0.0181. The van der Waals surface area contributed by atoms with Gasteiger partial charge in [-0.05, 0) is 14.0 Å². The van der Waals surface area contributed by atoms with Crippen LogP contribution in [0.5, 0.6) is 0 Å². The van der Waals surface area contributed by atoms with Crippen molar-refractivity contribution >= 4 is 24.4 Å². The van der Waals surface area contributed by atoms with E-state index in [4.69, 9.17) is 0 Å². The molecule has 0 saturated carbocycles. The number of hydrogen-bond acceptors (Lipinski definition) is 4. The summed E-state index contributed by atoms with van der Waals surface area (Å²) in [4.78, 5) is 26.9. The second-order valence-electron chi connectivity index (χ2n) is 4.08. The number of carbonyl (C=O) groups is 2. The molecule has 0 spiro atoms. The highest BCUT2D eigenvalue weighted by atomic mass is 32.1. The average molecular weight is 245 g/mol. The first kappa shape index (κ1) is 13.3. The van der Waals surface area contributed by atoms with Crippen LogP contribution in [0.4, 0.5) is 0 Å². The Labute approximate surface area is 102 Å². The molecule has 0 radical (unpaired) electrons. The molecule has 0 aromatic carbocycles. The Kier molecular flexibility index (Phi) is 5.08. The van der Waals surface area contributed by atoms with Gasteiger partial charge in [-0.2, -0.15) is 12.6 Å². The lowest BCUT2D eigenvalue weighted by Gasteiger charge is -2.32. The van der Waals surface area contributed by atoms with Gasteiger partial charge in [-0.1, -0.05) is 0 Å². The van der Waals surface area contributed by atoms with Gasteiger partial charge in [0, 0.05) is 26.2 Å². The average Bonchev–Trinajstić information content (AvgIpc) is 2.26. The number of nitrogens with one attached hydrogen (secondary N) is 1. The predicted molar refractivity (Wildman–Crippen MR) is 65.5 cm³/mol. The van der Waals surface area contributed by atoms with E-state index in [1.165, 1.54) is 0 Å². The van der Waals surface area contributed by atoms with Crippen molar-refractivity contribution in [3.8, 4) is 0 Å².